The van der Waals surface area contributed by atoms with Crippen molar-refractivity contribution in [2.45, 2.75) is 55.8 Å². The van der Waals surface area contributed by atoms with E-state index in [4.69, 9.17) is 4.98 Å². The van der Waals surface area contributed by atoms with Crippen LogP contribution in [0.15, 0.2) is 23.2 Å². The number of amides is 1. The highest BCUT2D eigenvalue weighted by Crippen LogP contribution is 2.33. The van der Waals surface area contributed by atoms with E-state index in [-0.39, 0.29) is 16.7 Å². The molecule has 2 fully saturated rings. The van der Waals surface area contributed by atoms with Crippen LogP contribution in [0, 0.1) is 5.92 Å². The van der Waals surface area contributed by atoms with Gasteiger partial charge in [-0.15, -0.1) is 0 Å². The molecule has 0 spiro atoms. The molecule has 158 valence electrons. The van der Waals surface area contributed by atoms with Crippen molar-refractivity contribution >= 4 is 21.7 Å². The number of aromatic nitrogens is 2. The van der Waals surface area contributed by atoms with Crippen molar-refractivity contribution in [1.82, 2.24) is 14.9 Å². The maximum absolute atomic E-state index is 12.6. The molecule has 0 N–H and O–H groups in total. The van der Waals surface area contributed by atoms with E-state index < -0.39 is 9.84 Å². The quantitative estimate of drug-likeness (QED) is 0.684. The second-order valence-corrected chi connectivity index (χ2v) is 10.5. The molecule has 0 bridgehead atoms. The summed E-state index contributed by atoms with van der Waals surface area (Å²) in [4.78, 5) is 26.0. The third-order valence-corrected chi connectivity index (χ3v) is 7.46. The fourth-order valence-electron chi connectivity index (χ4n) is 4.64. The van der Waals surface area contributed by atoms with Crippen LogP contribution >= 0.6 is 0 Å². The molecular weight excluding hydrogens is 388 g/mol. The molecule has 29 heavy (non-hydrogen) atoms. The zero-order valence-corrected chi connectivity index (χ0v) is 17.9. The van der Waals surface area contributed by atoms with Gasteiger partial charge in [0.15, 0.2) is 9.84 Å². The standard InChI is InChI=1S/C21H30N4O3S/c1-29(27,28)18-15-22-21(25-10-4-5-11-25)23-20(18)17-8-12-24(13-9-17)19(26)14-16-6-2-3-7-16/h2,6,15-17H,3-5,7-14H2,1H3/t16-/m1/s1. The first kappa shape index (κ1) is 20.3. The van der Waals surface area contributed by atoms with Crippen LogP contribution in [0.5, 0.6) is 0 Å². The van der Waals surface area contributed by atoms with Crippen LogP contribution in [0.25, 0.3) is 0 Å². The van der Waals surface area contributed by atoms with Crippen LogP contribution in [0.3, 0.4) is 0 Å². The molecule has 3 heterocycles. The number of piperidine rings is 1. The summed E-state index contributed by atoms with van der Waals surface area (Å²) in [5.41, 5.74) is 0.634. The number of anilines is 1. The summed E-state index contributed by atoms with van der Waals surface area (Å²) in [5.74, 6) is 1.27. The minimum Gasteiger partial charge on any atom is -0.343 e. The van der Waals surface area contributed by atoms with E-state index in [1.165, 1.54) is 12.5 Å². The minimum absolute atomic E-state index is 0.0412. The van der Waals surface area contributed by atoms with Gasteiger partial charge in [-0.1, -0.05) is 12.2 Å². The van der Waals surface area contributed by atoms with Crippen molar-refractivity contribution in [2.24, 2.45) is 5.92 Å². The molecule has 4 rings (SSSR count). The minimum atomic E-state index is -3.40. The first-order chi connectivity index (χ1) is 13.9. The van der Waals surface area contributed by atoms with Crippen molar-refractivity contribution < 1.29 is 13.2 Å². The molecule has 7 nitrogen and oxygen atoms in total. The van der Waals surface area contributed by atoms with Gasteiger partial charge in [0.1, 0.15) is 4.90 Å². The third-order valence-electron chi connectivity index (χ3n) is 6.34. The number of likely N-dealkylation sites (tertiary alicyclic amines) is 1. The second kappa shape index (κ2) is 8.42. The average molecular weight is 419 g/mol. The lowest BCUT2D eigenvalue weighted by Gasteiger charge is -2.33. The Labute approximate surface area is 173 Å². The van der Waals surface area contributed by atoms with E-state index in [0.717, 1.165) is 51.6 Å². The van der Waals surface area contributed by atoms with Crippen LogP contribution < -0.4 is 4.90 Å². The average Bonchev–Trinajstić information content (AvgIpc) is 3.41. The summed E-state index contributed by atoms with van der Waals surface area (Å²) >= 11 is 0. The van der Waals surface area contributed by atoms with Gasteiger partial charge in [-0.25, -0.2) is 18.4 Å². The van der Waals surface area contributed by atoms with Gasteiger partial charge in [-0.05, 0) is 44.4 Å². The molecule has 1 amide bonds. The lowest BCUT2D eigenvalue weighted by atomic mass is 9.92. The van der Waals surface area contributed by atoms with Crippen molar-refractivity contribution in [2.75, 3.05) is 37.3 Å². The molecule has 3 aliphatic rings. The van der Waals surface area contributed by atoms with E-state index >= 15 is 0 Å². The molecule has 0 aromatic carbocycles. The van der Waals surface area contributed by atoms with Gasteiger partial charge in [0.05, 0.1) is 11.9 Å². The fourth-order valence-corrected chi connectivity index (χ4v) is 5.48. The van der Waals surface area contributed by atoms with Gasteiger partial charge in [-0.2, -0.15) is 0 Å². The summed E-state index contributed by atoms with van der Waals surface area (Å²) in [6.07, 6.45) is 13.5. The first-order valence-corrected chi connectivity index (χ1v) is 12.6. The molecule has 0 saturated carbocycles. The predicted molar refractivity (Wildman–Crippen MR) is 112 cm³/mol. The summed E-state index contributed by atoms with van der Waals surface area (Å²) in [6.45, 7) is 3.15. The Morgan fingerprint density at radius 2 is 1.86 bits per heavy atom. The van der Waals surface area contributed by atoms with E-state index in [1.54, 1.807) is 0 Å². The number of carbonyl (C=O) groups excluding carboxylic acids is 1. The van der Waals surface area contributed by atoms with Crippen molar-refractivity contribution in [3.05, 3.63) is 24.0 Å². The molecule has 1 aliphatic carbocycles. The molecular formula is C21H30N4O3S. The lowest BCUT2D eigenvalue weighted by molar-refractivity contribution is -0.132. The topological polar surface area (TPSA) is 83.5 Å². The molecule has 2 saturated heterocycles. The van der Waals surface area contributed by atoms with Crippen molar-refractivity contribution in [1.29, 1.82) is 0 Å². The van der Waals surface area contributed by atoms with Gasteiger partial charge in [0.2, 0.25) is 11.9 Å². The Balaban J connectivity index is 1.48. The molecule has 8 heteroatoms. The molecule has 1 atom stereocenters. The number of rotatable bonds is 5. The highest BCUT2D eigenvalue weighted by Gasteiger charge is 2.30. The first-order valence-electron chi connectivity index (χ1n) is 10.7. The third kappa shape index (κ3) is 4.63. The van der Waals surface area contributed by atoms with Crippen LogP contribution in [0.4, 0.5) is 5.95 Å². The Morgan fingerprint density at radius 1 is 1.14 bits per heavy atom. The Hall–Kier alpha value is -1.96. The predicted octanol–water partition coefficient (Wildman–Crippen LogP) is 2.54. The molecule has 1 aromatic rings. The largest absolute Gasteiger partial charge is 0.343 e. The van der Waals surface area contributed by atoms with Crippen LogP contribution in [-0.4, -0.2) is 61.6 Å². The molecule has 0 radical (unpaired) electrons. The number of nitrogens with zero attached hydrogens (tertiary/aromatic N) is 4. The summed E-state index contributed by atoms with van der Waals surface area (Å²) in [6, 6.07) is 0. The normalized spacial score (nSPS) is 23.1. The van der Waals surface area contributed by atoms with Gasteiger partial charge in [0.25, 0.3) is 0 Å². The summed E-state index contributed by atoms with van der Waals surface area (Å²) < 4.78 is 24.7. The van der Waals surface area contributed by atoms with Gasteiger partial charge in [-0.3, -0.25) is 4.79 Å². The highest BCUT2D eigenvalue weighted by atomic mass is 32.2. The maximum atomic E-state index is 12.6. The van der Waals surface area contributed by atoms with Crippen LogP contribution in [0.1, 0.15) is 56.6 Å². The zero-order chi connectivity index (χ0) is 20.4. The zero-order valence-electron chi connectivity index (χ0n) is 17.1. The van der Waals surface area contributed by atoms with Gasteiger partial charge < -0.3 is 9.80 Å². The van der Waals surface area contributed by atoms with E-state index in [2.05, 4.69) is 22.0 Å². The van der Waals surface area contributed by atoms with Crippen LogP contribution in [0.2, 0.25) is 0 Å². The van der Waals surface area contributed by atoms with E-state index in [0.29, 0.717) is 37.1 Å². The Bertz CT molecular complexity index is 885. The fraction of sp³-hybridized carbons (Fsp3) is 0.667. The summed E-state index contributed by atoms with van der Waals surface area (Å²) in [5, 5.41) is 0. The monoisotopic (exact) mass is 418 g/mol. The number of hydrogen-bond acceptors (Lipinski definition) is 6. The van der Waals surface area contributed by atoms with E-state index in [9.17, 15) is 13.2 Å². The lowest BCUT2D eigenvalue weighted by Crippen LogP contribution is -2.39. The molecule has 1 aromatic heterocycles. The van der Waals surface area contributed by atoms with Gasteiger partial charge >= 0.3 is 0 Å². The highest BCUT2D eigenvalue weighted by molar-refractivity contribution is 7.90. The Morgan fingerprint density at radius 3 is 2.48 bits per heavy atom. The van der Waals surface area contributed by atoms with Crippen LogP contribution in [-0.2, 0) is 14.6 Å². The molecule has 0 unspecified atom stereocenters. The summed E-state index contributed by atoms with van der Waals surface area (Å²) in [7, 11) is -3.40. The van der Waals surface area contributed by atoms with Crippen molar-refractivity contribution in [3.63, 3.8) is 0 Å². The number of hydrogen-bond donors (Lipinski definition) is 0. The molecule has 2 aliphatic heterocycles. The van der Waals surface area contributed by atoms with E-state index in [1.807, 2.05) is 4.90 Å². The van der Waals surface area contributed by atoms with Crippen molar-refractivity contribution in [3.8, 4) is 0 Å². The van der Waals surface area contributed by atoms with Gasteiger partial charge in [0, 0.05) is 44.8 Å². The smallest absolute Gasteiger partial charge is 0.225 e. The SMILES string of the molecule is CS(=O)(=O)c1cnc(N2CCCC2)nc1C1CCN(C(=O)C[C@@H]2C=CCC2)CC1. The number of carbonyl (C=O) groups is 1. The number of sulfone groups is 1. The second-order valence-electron chi connectivity index (χ2n) is 8.51. The maximum Gasteiger partial charge on any atom is 0.225 e. The number of allylic oxidation sites excluding steroid dienone is 2. The Kier molecular flexibility index (Phi) is 5.90.